The Morgan fingerprint density at radius 1 is 1.24 bits per heavy atom. The lowest BCUT2D eigenvalue weighted by molar-refractivity contribution is 0.0892. The van der Waals surface area contributed by atoms with E-state index >= 15 is 0 Å². The first kappa shape index (κ1) is 14.6. The quantitative estimate of drug-likeness (QED) is 0.797. The van der Waals surface area contributed by atoms with Crippen molar-refractivity contribution in [3.05, 3.63) is 11.8 Å². The van der Waals surface area contributed by atoms with E-state index in [0.29, 0.717) is 21.9 Å². The summed E-state index contributed by atoms with van der Waals surface area (Å²) in [7, 11) is 3.01. The van der Waals surface area contributed by atoms with E-state index in [0.717, 1.165) is 12.8 Å². The van der Waals surface area contributed by atoms with Crippen LogP contribution in [-0.4, -0.2) is 40.5 Å². The van der Waals surface area contributed by atoms with Crippen LogP contribution < -0.4 is 9.47 Å². The maximum absolute atomic E-state index is 12.8. The molecule has 21 heavy (non-hydrogen) atoms. The van der Waals surface area contributed by atoms with Crippen LogP contribution in [0.1, 0.15) is 42.5 Å². The molecule has 2 saturated heterocycles. The Morgan fingerprint density at radius 2 is 1.95 bits per heavy atom. The van der Waals surface area contributed by atoms with Gasteiger partial charge in [-0.05, 0) is 25.7 Å². The van der Waals surface area contributed by atoms with Gasteiger partial charge in [0.05, 0.1) is 19.8 Å². The number of carbonyl (C=O) groups excluding carboxylic acids is 1. The van der Waals surface area contributed by atoms with Gasteiger partial charge >= 0.3 is 6.01 Å². The molecule has 6 heteroatoms. The summed E-state index contributed by atoms with van der Waals surface area (Å²) in [6.45, 7) is 0. The highest BCUT2D eigenvalue weighted by Crippen LogP contribution is 2.45. The maximum Gasteiger partial charge on any atom is 0.319 e. The lowest BCUT2D eigenvalue weighted by Crippen LogP contribution is -2.33. The third-order valence-electron chi connectivity index (χ3n) is 4.28. The van der Waals surface area contributed by atoms with E-state index in [4.69, 9.17) is 9.47 Å². The number of carbonyl (C=O) groups is 1. The molecule has 1 aromatic heterocycles. The molecule has 5 nitrogen and oxygen atoms in total. The second-order valence-corrected chi connectivity index (χ2v) is 7.23. The topological polar surface area (TPSA) is 61.3 Å². The molecule has 2 aliphatic heterocycles. The van der Waals surface area contributed by atoms with Gasteiger partial charge in [-0.3, -0.25) is 4.79 Å². The Labute approximate surface area is 128 Å². The highest BCUT2D eigenvalue weighted by molar-refractivity contribution is 8.00. The molecule has 0 aliphatic carbocycles. The first-order chi connectivity index (χ1) is 10.2. The Hall–Kier alpha value is -1.30. The molecule has 3 rings (SSSR count). The van der Waals surface area contributed by atoms with Crippen LogP contribution >= 0.6 is 11.8 Å². The van der Waals surface area contributed by atoms with Gasteiger partial charge in [-0.1, -0.05) is 6.42 Å². The minimum absolute atomic E-state index is 0.0763. The Bertz CT molecular complexity index is 526. The highest BCUT2D eigenvalue weighted by Gasteiger charge is 2.37. The Balaban J connectivity index is 1.81. The average Bonchev–Trinajstić information content (AvgIpc) is 2.53. The van der Waals surface area contributed by atoms with Crippen LogP contribution in [-0.2, 0) is 0 Å². The molecule has 2 atom stereocenters. The first-order valence-corrected chi connectivity index (χ1v) is 8.30. The molecule has 2 bridgehead atoms. The van der Waals surface area contributed by atoms with Crippen molar-refractivity contribution in [1.82, 2.24) is 9.97 Å². The van der Waals surface area contributed by atoms with Gasteiger partial charge in [0.15, 0.2) is 5.78 Å². The van der Waals surface area contributed by atoms with Crippen LogP contribution in [0.5, 0.6) is 11.9 Å². The average molecular weight is 308 g/mol. The van der Waals surface area contributed by atoms with Crippen LogP contribution in [0.25, 0.3) is 0 Å². The standard InChI is InChI=1S/C15H20N2O3S/c1-19-14-12(8-16-15(17-14)20-2)13(18)9-6-10-4-3-5-11(7-9)21-10/h8-11H,3-7H2,1-2H3. The van der Waals surface area contributed by atoms with Crippen molar-refractivity contribution in [2.45, 2.75) is 42.6 Å². The van der Waals surface area contributed by atoms with Crippen molar-refractivity contribution in [3.63, 3.8) is 0 Å². The number of ether oxygens (including phenoxy) is 2. The predicted octanol–water partition coefficient (Wildman–Crippen LogP) is 2.74. The van der Waals surface area contributed by atoms with Crippen LogP contribution in [0, 0.1) is 5.92 Å². The molecule has 0 radical (unpaired) electrons. The minimum Gasteiger partial charge on any atom is -0.480 e. The van der Waals surface area contributed by atoms with Gasteiger partial charge < -0.3 is 9.47 Å². The molecule has 0 amide bonds. The van der Waals surface area contributed by atoms with Gasteiger partial charge in [0.2, 0.25) is 5.88 Å². The zero-order valence-electron chi connectivity index (χ0n) is 12.4. The third-order valence-corrected chi connectivity index (χ3v) is 5.90. The van der Waals surface area contributed by atoms with Crippen LogP contribution in [0.15, 0.2) is 6.20 Å². The molecule has 3 heterocycles. The van der Waals surface area contributed by atoms with Crippen molar-refractivity contribution in [3.8, 4) is 11.9 Å². The van der Waals surface area contributed by atoms with E-state index in [-0.39, 0.29) is 17.7 Å². The smallest absolute Gasteiger partial charge is 0.319 e. The summed E-state index contributed by atoms with van der Waals surface area (Å²) in [6, 6.07) is 0.222. The number of aromatic nitrogens is 2. The number of hydrogen-bond acceptors (Lipinski definition) is 6. The van der Waals surface area contributed by atoms with Crippen LogP contribution in [0.4, 0.5) is 0 Å². The summed E-state index contributed by atoms with van der Waals surface area (Å²) >= 11 is 2.07. The Kier molecular flexibility index (Phi) is 4.33. The van der Waals surface area contributed by atoms with Gasteiger partial charge in [-0.15, -0.1) is 0 Å². The van der Waals surface area contributed by atoms with E-state index < -0.39 is 0 Å². The maximum atomic E-state index is 12.8. The van der Waals surface area contributed by atoms with Gasteiger partial charge in [0, 0.05) is 22.6 Å². The number of fused-ring (bicyclic) bond motifs is 2. The fourth-order valence-corrected chi connectivity index (χ4v) is 5.10. The number of methoxy groups -OCH3 is 2. The van der Waals surface area contributed by atoms with E-state index in [1.165, 1.54) is 39.7 Å². The predicted molar refractivity (Wildman–Crippen MR) is 81.2 cm³/mol. The molecule has 114 valence electrons. The number of hydrogen-bond donors (Lipinski definition) is 0. The molecule has 2 unspecified atom stereocenters. The summed E-state index contributed by atoms with van der Waals surface area (Å²) < 4.78 is 10.2. The second kappa shape index (κ2) is 6.22. The number of nitrogens with zero attached hydrogens (tertiary/aromatic N) is 2. The zero-order valence-corrected chi connectivity index (χ0v) is 13.2. The highest BCUT2D eigenvalue weighted by atomic mass is 32.2. The fraction of sp³-hybridized carbons (Fsp3) is 0.667. The lowest BCUT2D eigenvalue weighted by Gasteiger charge is -2.37. The molecule has 2 aliphatic rings. The first-order valence-electron chi connectivity index (χ1n) is 7.36. The SMILES string of the molecule is COc1ncc(C(=O)C2CC3CCCC(C2)S3)c(OC)n1. The van der Waals surface area contributed by atoms with Crippen molar-refractivity contribution in [1.29, 1.82) is 0 Å². The molecule has 0 saturated carbocycles. The van der Waals surface area contributed by atoms with Crippen LogP contribution in [0.3, 0.4) is 0 Å². The van der Waals surface area contributed by atoms with Crippen molar-refractivity contribution < 1.29 is 14.3 Å². The Morgan fingerprint density at radius 3 is 2.57 bits per heavy atom. The summed E-state index contributed by atoms with van der Waals surface area (Å²) in [6.07, 6.45) is 7.25. The lowest BCUT2D eigenvalue weighted by atomic mass is 9.85. The monoisotopic (exact) mass is 308 g/mol. The second-order valence-electron chi connectivity index (χ2n) is 5.62. The van der Waals surface area contributed by atoms with Gasteiger partial charge in [-0.25, -0.2) is 4.98 Å². The third kappa shape index (κ3) is 3.00. The molecule has 2 fully saturated rings. The van der Waals surface area contributed by atoms with Crippen molar-refractivity contribution >= 4 is 17.5 Å². The summed E-state index contributed by atoms with van der Waals surface area (Å²) in [5.74, 6) is 0.509. The van der Waals surface area contributed by atoms with Crippen LogP contribution in [0.2, 0.25) is 0 Å². The molecular formula is C15H20N2O3S. The van der Waals surface area contributed by atoms with Crippen molar-refractivity contribution in [2.24, 2.45) is 5.92 Å². The van der Waals surface area contributed by atoms with Crippen molar-refractivity contribution in [2.75, 3.05) is 14.2 Å². The van der Waals surface area contributed by atoms with E-state index in [1.54, 1.807) is 0 Å². The number of thioether (sulfide) groups is 1. The number of ketones is 1. The normalized spacial score (nSPS) is 28.0. The summed E-state index contributed by atoms with van der Waals surface area (Å²) in [5, 5.41) is 1.27. The zero-order chi connectivity index (χ0) is 14.8. The molecule has 0 aromatic carbocycles. The largest absolute Gasteiger partial charge is 0.480 e. The van der Waals surface area contributed by atoms with E-state index in [9.17, 15) is 4.79 Å². The molecule has 0 N–H and O–H groups in total. The molecular weight excluding hydrogens is 288 g/mol. The minimum atomic E-state index is 0.0763. The summed E-state index contributed by atoms with van der Waals surface area (Å²) in [5.41, 5.74) is 0.480. The fourth-order valence-electron chi connectivity index (χ4n) is 3.27. The van der Waals surface area contributed by atoms with Gasteiger partial charge in [0.1, 0.15) is 0 Å². The van der Waals surface area contributed by atoms with Gasteiger partial charge in [0.25, 0.3) is 0 Å². The van der Waals surface area contributed by atoms with E-state index in [1.807, 2.05) is 0 Å². The number of Topliss-reactive ketones (excluding diaryl/α,β-unsaturated/α-hetero) is 1. The summed E-state index contributed by atoms with van der Waals surface area (Å²) in [4.78, 5) is 21.0. The molecule has 0 spiro atoms. The number of rotatable bonds is 4. The van der Waals surface area contributed by atoms with Gasteiger partial charge in [-0.2, -0.15) is 16.7 Å². The molecule has 1 aromatic rings. The van der Waals surface area contributed by atoms with E-state index in [2.05, 4.69) is 21.7 Å².